The summed E-state index contributed by atoms with van der Waals surface area (Å²) in [5, 5.41) is 1.10. The number of benzene rings is 2. The first-order chi connectivity index (χ1) is 14.0. The number of rotatable bonds is 4. The van der Waals surface area contributed by atoms with Crippen LogP contribution in [-0.2, 0) is 23.1 Å². The molecule has 0 aliphatic heterocycles. The summed E-state index contributed by atoms with van der Waals surface area (Å²) >= 11 is 0. The Bertz CT molecular complexity index is 1320. The van der Waals surface area contributed by atoms with Gasteiger partial charge in [0.25, 0.3) is 5.56 Å². The summed E-state index contributed by atoms with van der Waals surface area (Å²) in [4.78, 5) is 43.4. The molecule has 4 rings (SSSR count). The Morgan fingerprint density at radius 2 is 1.90 bits per heavy atom. The molecular weight excluding hydrogens is 374 g/mol. The molecule has 0 amide bonds. The second-order valence-corrected chi connectivity index (χ2v) is 6.48. The van der Waals surface area contributed by atoms with Gasteiger partial charge in [0.2, 0.25) is 0 Å². The molecule has 0 saturated carbocycles. The van der Waals surface area contributed by atoms with Gasteiger partial charge >= 0.3 is 11.9 Å². The number of ether oxygens (including phenoxy) is 2. The number of fused-ring (bicyclic) bond motifs is 2. The molecule has 8 heteroatoms. The third-order valence-corrected chi connectivity index (χ3v) is 4.63. The van der Waals surface area contributed by atoms with Crippen molar-refractivity contribution in [1.29, 1.82) is 0 Å². The maximum absolute atomic E-state index is 12.6. The molecule has 2 heterocycles. The van der Waals surface area contributed by atoms with Crippen molar-refractivity contribution in [3.05, 3.63) is 76.0 Å². The fourth-order valence-electron chi connectivity index (χ4n) is 3.22. The highest BCUT2D eigenvalue weighted by molar-refractivity contribution is 6.04. The summed E-state index contributed by atoms with van der Waals surface area (Å²) < 4.78 is 11.9. The largest absolute Gasteiger partial charge is 0.465 e. The SMILES string of the molecule is COC(=O)c1ccc2c(=O)[nH]c(COC(=O)c3cn(C)c4ccccc34)nc2c1. The molecule has 0 fully saturated rings. The average Bonchev–Trinajstić information content (AvgIpc) is 3.08. The molecule has 2 aromatic heterocycles. The van der Waals surface area contributed by atoms with Crippen LogP contribution in [-0.4, -0.2) is 33.6 Å². The van der Waals surface area contributed by atoms with E-state index in [1.807, 2.05) is 35.9 Å². The van der Waals surface area contributed by atoms with Crippen LogP contribution in [0.1, 0.15) is 26.5 Å². The highest BCUT2D eigenvalue weighted by atomic mass is 16.5. The van der Waals surface area contributed by atoms with Crippen molar-refractivity contribution in [2.45, 2.75) is 6.61 Å². The van der Waals surface area contributed by atoms with Gasteiger partial charge < -0.3 is 19.0 Å². The summed E-state index contributed by atoms with van der Waals surface area (Å²) in [6.45, 7) is -0.213. The van der Waals surface area contributed by atoms with E-state index in [1.54, 1.807) is 6.20 Å². The Balaban J connectivity index is 1.61. The number of aryl methyl sites for hydroxylation is 1. The standard InChI is InChI=1S/C21H17N3O5/c1-24-10-15(13-5-3-4-6-17(13)24)21(27)29-11-18-22-16-9-12(20(26)28-2)7-8-14(16)19(25)23-18/h3-10H,11H2,1-2H3,(H,22,23,25). The predicted octanol–water partition coefficient (Wildman–Crippen LogP) is 2.56. The Hall–Kier alpha value is -3.94. The minimum atomic E-state index is -0.530. The van der Waals surface area contributed by atoms with E-state index in [0.29, 0.717) is 16.5 Å². The van der Waals surface area contributed by atoms with Crippen LogP contribution in [0.3, 0.4) is 0 Å². The highest BCUT2D eigenvalue weighted by Crippen LogP contribution is 2.21. The minimum absolute atomic E-state index is 0.179. The Labute approximate surface area is 164 Å². The summed E-state index contributed by atoms with van der Waals surface area (Å²) in [5.74, 6) is -0.871. The van der Waals surface area contributed by atoms with Crippen molar-refractivity contribution >= 4 is 33.7 Å². The number of nitrogens with one attached hydrogen (secondary N) is 1. The number of hydrogen-bond acceptors (Lipinski definition) is 6. The molecule has 4 aromatic rings. The van der Waals surface area contributed by atoms with Gasteiger partial charge in [0.15, 0.2) is 0 Å². The molecule has 0 aliphatic rings. The van der Waals surface area contributed by atoms with Crippen LogP contribution in [0.5, 0.6) is 0 Å². The van der Waals surface area contributed by atoms with Crippen LogP contribution < -0.4 is 5.56 Å². The van der Waals surface area contributed by atoms with E-state index < -0.39 is 11.9 Å². The van der Waals surface area contributed by atoms with Gasteiger partial charge in [0.1, 0.15) is 12.4 Å². The summed E-state index contributed by atoms with van der Waals surface area (Å²) in [6.07, 6.45) is 1.70. The van der Waals surface area contributed by atoms with E-state index in [9.17, 15) is 14.4 Å². The van der Waals surface area contributed by atoms with Crippen molar-refractivity contribution in [3.63, 3.8) is 0 Å². The lowest BCUT2D eigenvalue weighted by Crippen LogP contribution is -2.15. The van der Waals surface area contributed by atoms with Gasteiger partial charge in [-0.25, -0.2) is 14.6 Å². The topological polar surface area (TPSA) is 103 Å². The number of methoxy groups -OCH3 is 1. The molecule has 0 aliphatic carbocycles. The fourth-order valence-corrected chi connectivity index (χ4v) is 3.22. The molecule has 0 saturated heterocycles. The zero-order valence-corrected chi connectivity index (χ0v) is 15.8. The molecule has 0 unspecified atom stereocenters. The van der Waals surface area contributed by atoms with Crippen molar-refractivity contribution in [1.82, 2.24) is 14.5 Å². The first-order valence-corrected chi connectivity index (χ1v) is 8.80. The number of hydrogen-bond donors (Lipinski definition) is 1. The Morgan fingerprint density at radius 3 is 2.69 bits per heavy atom. The third kappa shape index (κ3) is 3.36. The second-order valence-electron chi connectivity index (χ2n) is 6.48. The van der Waals surface area contributed by atoms with Crippen LogP contribution in [0.2, 0.25) is 0 Å². The van der Waals surface area contributed by atoms with Gasteiger partial charge in [-0.3, -0.25) is 4.79 Å². The van der Waals surface area contributed by atoms with Crippen LogP contribution in [0, 0.1) is 0 Å². The van der Waals surface area contributed by atoms with E-state index in [4.69, 9.17) is 4.74 Å². The average molecular weight is 391 g/mol. The quantitative estimate of drug-likeness (QED) is 0.536. The van der Waals surface area contributed by atoms with Gasteiger partial charge in [0, 0.05) is 24.1 Å². The molecule has 0 spiro atoms. The van der Waals surface area contributed by atoms with Gasteiger partial charge in [0.05, 0.1) is 29.1 Å². The molecule has 1 N–H and O–H groups in total. The van der Waals surface area contributed by atoms with Crippen LogP contribution in [0.25, 0.3) is 21.8 Å². The molecule has 0 atom stereocenters. The number of H-pyrrole nitrogens is 1. The monoisotopic (exact) mass is 391 g/mol. The van der Waals surface area contributed by atoms with Crippen LogP contribution in [0.15, 0.2) is 53.5 Å². The maximum atomic E-state index is 12.6. The normalized spacial score (nSPS) is 11.0. The fraction of sp³-hybridized carbons (Fsp3) is 0.143. The zero-order valence-electron chi connectivity index (χ0n) is 15.8. The molecule has 0 radical (unpaired) electrons. The smallest absolute Gasteiger partial charge is 0.340 e. The van der Waals surface area contributed by atoms with Gasteiger partial charge in [-0.15, -0.1) is 0 Å². The number of carbonyl (C=O) groups excluding carboxylic acids is 2. The van der Waals surface area contributed by atoms with Crippen LogP contribution in [0.4, 0.5) is 0 Å². The van der Waals surface area contributed by atoms with E-state index in [2.05, 4.69) is 14.7 Å². The number of para-hydroxylation sites is 1. The number of aromatic nitrogens is 3. The minimum Gasteiger partial charge on any atom is -0.465 e. The molecular formula is C21H17N3O5. The molecule has 8 nitrogen and oxygen atoms in total. The van der Waals surface area contributed by atoms with Gasteiger partial charge in [-0.2, -0.15) is 0 Å². The van der Waals surface area contributed by atoms with E-state index in [0.717, 1.165) is 10.9 Å². The summed E-state index contributed by atoms with van der Waals surface area (Å²) in [5.41, 5.74) is 1.54. The van der Waals surface area contributed by atoms with Crippen molar-refractivity contribution in [2.75, 3.05) is 7.11 Å². The first kappa shape index (κ1) is 18.4. The second kappa shape index (κ2) is 7.23. The zero-order chi connectivity index (χ0) is 20.5. The molecule has 29 heavy (non-hydrogen) atoms. The van der Waals surface area contributed by atoms with E-state index in [-0.39, 0.29) is 23.6 Å². The summed E-state index contributed by atoms with van der Waals surface area (Å²) in [6, 6.07) is 11.9. The molecule has 2 aromatic carbocycles. The Kier molecular flexibility index (Phi) is 4.59. The number of esters is 2. The first-order valence-electron chi connectivity index (χ1n) is 8.80. The van der Waals surface area contributed by atoms with E-state index in [1.165, 1.54) is 25.3 Å². The Morgan fingerprint density at radius 1 is 1.10 bits per heavy atom. The predicted molar refractivity (Wildman–Crippen MR) is 106 cm³/mol. The van der Waals surface area contributed by atoms with Crippen molar-refractivity contribution in [3.8, 4) is 0 Å². The number of aromatic amines is 1. The highest BCUT2D eigenvalue weighted by Gasteiger charge is 2.16. The number of carbonyl (C=O) groups is 2. The summed E-state index contributed by atoms with van der Waals surface area (Å²) in [7, 11) is 3.12. The lowest BCUT2D eigenvalue weighted by molar-refractivity contribution is 0.0464. The molecule has 146 valence electrons. The lowest BCUT2D eigenvalue weighted by Gasteiger charge is -2.06. The number of nitrogens with zero attached hydrogens (tertiary/aromatic N) is 2. The maximum Gasteiger partial charge on any atom is 0.340 e. The van der Waals surface area contributed by atoms with Gasteiger partial charge in [-0.1, -0.05) is 18.2 Å². The molecule has 0 bridgehead atoms. The van der Waals surface area contributed by atoms with Crippen molar-refractivity contribution in [2.24, 2.45) is 7.05 Å². The van der Waals surface area contributed by atoms with Crippen molar-refractivity contribution < 1.29 is 19.1 Å². The van der Waals surface area contributed by atoms with E-state index >= 15 is 0 Å². The van der Waals surface area contributed by atoms with Crippen LogP contribution >= 0.6 is 0 Å². The lowest BCUT2D eigenvalue weighted by atomic mass is 10.1. The third-order valence-electron chi connectivity index (χ3n) is 4.63. The van der Waals surface area contributed by atoms with Gasteiger partial charge in [-0.05, 0) is 24.3 Å².